The highest BCUT2D eigenvalue weighted by atomic mass is 16.5. The summed E-state index contributed by atoms with van der Waals surface area (Å²) in [6.45, 7) is 6.48. The highest BCUT2D eigenvalue weighted by molar-refractivity contribution is 5.78. The van der Waals surface area contributed by atoms with E-state index in [1.54, 1.807) is 0 Å². The number of amides is 1. The summed E-state index contributed by atoms with van der Waals surface area (Å²) in [6.07, 6.45) is 2.52. The molecular formula is C12H23N3O2. The molecule has 0 aliphatic carbocycles. The first kappa shape index (κ1) is 12.8. The topological polar surface area (TPSA) is 53.6 Å². The largest absolute Gasteiger partial charge is 0.378 e. The van der Waals surface area contributed by atoms with Gasteiger partial charge in [-0.1, -0.05) is 0 Å². The lowest BCUT2D eigenvalue weighted by molar-refractivity contribution is -0.134. The van der Waals surface area contributed by atoms with E-state index >= 15 is 0 Å². The molecule has 0 bridgehead atoms. The molecule has 5 nitrogen and oxygen atoms in total. The third-order valence-electron chi connectivity index (χ3n) is 3.47. The fourth-order valence-corrected chi connectivity index (χ4v) is 2.41. The van der Waals surface area contributed by atoms with E-state index in [1.807, 2.05) is 4.90 Å². The number of carbonyl (C=O) groups is 1. The molecule has 98 valence electrons. The van der Waals surface area contributed by atoms with Crippen molar-refractivity contribution in [2.75, 3.05) is 52.5 Å². The molecule has 2 fully saturated rings. The van der Waals surface area contributed by atoms with E-state index < -0.39 is 0 Å². The number of hydrogen-bond donors (Lipinski definition) is 2. The SMILES string of the molecule is O=C(CNCC1CCCNC1)N1CCOCC1. The van der Waals surface area contributed by atoms with Crippen LogP contribution < -0.4 is 10.6 Å². The predicted octanol–water partition coefficient (Wildman–Crippen LogP) is -0.566. The van der Waals surface area contributed by atoms with Crippen LogP contribution in [0.3, 0.4) is 0 Å². The van der Waals surface area contributed by atoms with Crippen LogP contribution in [0.25, 0.3) is 0 Å². The Bertz CT molecular complexity index is 236. The molecular weight excluding hydrogens is 218 g/mol. The molecule has 1 amide bonds. The number of nitrogens with one attached hydrogen (secondary N) is 2. The van der Waals surface area contributed by atoms with Gasteiger partial charge in [-0.2, -0.15) is 0 Å². The van der Waals surface area contributed by atoms with Crippen LogP contribution in [0.15, 0.2) is 0 Å². The molecule has 0 spiro atoms. The Morgan fingerprint density at radius 2 is 2.24 bits per heavy atom. The molecule has 0 saturated carbocycles. The maximum Gasteiger partial charge on any atom is 0.236 e. The zero-order valence-electron chi connectivity index (χ0n) is 10.4. The van der Waals surface area contributed by atoms with Crippen molar-refractivity contribution in [3.8, 4) is 0 Å². The summed E-state index contributed by atoms with van der Waals surface area (Å²) >= 11 is 0. The van der Waals surface area contributed by atoms with Crippen molar-refractivity contribution in [3.63, 3.8) is 0 Å². The van der Waals surface area contributed by atoms with E-state index in [0.29, 0.717) is 25.7 Å². The van der Waals surface area contributed by atoms with Gasteiger partial charge in [0.15, 0.2) is 0 Å². The first-order valence-electron chi connectivity index (χ1n) is 6.63. The van der Waals surface area contributed by atoms with Crippen LogP contribution in [0, 0.1) is 5.92 Å². The highest BCUT2D eigenvalue weighted by Crippen LogP contribution is 2.08. The van der Waals surface area contributed by atoms with E-state index in [-0.39, 0.29) is 5.91 Å². The summed E-state index contributed by atoms with van der Waals surface area (Å²) in [4.78, 5) is 13.7. The minimum Gasteiger partial charge on any atom is -0.378 e. The molecule has 2 aliphatic heterocycles. The van der Waals surface area contributed by atoms with Gasteiger partial charge in [-0.05, 0) is 38.4 Å². The van der Waals surface area contributed by atoms with E-state index in [0.717, 1.165) is 32.7 Å². The lowest BCUT2D eigenvalue weighted by Crippen LogP contribution is -2.46. The Morgan fingerprint density at radius 1 is 1.41 bits per heavy atom. The van der Waals surface area contributed by atoms with Gasteiger partial charge < -0.3 is 20.3 Å². The van der Waals surface area contributed by atoms with Gasteiger partial charge in [-0.15, -0.1) is 0 Å². The minimum absolute atomic E-state index is 0.206. The van der Waals surface area contributed by atoms with E-state index in [4.69, 9.17) is 4.74 Å². The number of rotatable bonds is 4. The van der Waals surface area contributed by atoms with Gasteiger partial charge in [-0.3, -0.25) is 4.79 Å². The summed E-state index contributed by atoms with van der Waals surface area (Å²) < 4.78 is 5.23. The average Bonchev–Trinajstić information content (AvgIpc) is 2.41. The Morgan fingerprint density at radius 3 is 2.94 bits per heavy atom. The zero-order chi connectivity index (χ0) is 11.9. The van der Waals surface area contributed by atoms with Crippen LogP contribution in [-0.4, -0.2) is 63.3 Å². The summed E-state index contributed by atoms with van der Waals surface area (Å²) in [5.41, 5.74) is 0. The average molecular weight is 241 g/mol. The predicted molar refractivity (Wildman–Crippen MR) is 65.9 cm³/mol. The Labute approximate surface area is 103 Å². The second-order valence-electron chi connectivity index (χ2n) is 4.84. The molecule has 17 heavy (non-hydrogen) atoms. The molecule has 5 heteroatoms. The van der Waals surface area contributed by atoms with Crippen molar-refractivity contribution in [1.82, 2.24) is 15.5 Å². The molecule has 2 aliphatic rings. The minimum atomic E-state index is 0.206. The van der Waals surface area contributed by atoms with Gasteiger partial charge in [0.25, 0.3) is 0 Å². The van der Waals surface area contributed by atoms with Crippen LogP contribution in [0.4, 0.5) is 0 Å². The highest BCUT2D eigenvalue weighted by Gasteiger charge is 2.17. The first-order chi connectivity index (χ1) is 8.36. The fraction of sp³-hybridized carbons (Fsp3) is 0.917. The lowest BCUT2D eigenvalue weighted by atomic mass is 10.00. The Kier molecular flexibility index (Phi) is 5.22. The number of carbonyl (C=O) groups excluding carboxylic acids is 1. The quantitative estimate of drug-likeness (QED) is 0.692. The van der Waals surface area contributed by atoms with Gasteiger partial charge in [0, 0.05) is 13.1 Å². The fourth-order valence-electron chi connectivity index (χ4n) is 2.41. The Balaban J connectivity index is 1.58. The van der Waals surface area contributed by atoms with Gasteiger partial charge in [0.05, 0.1) is 19.8 Å². The Hall–Kier alpha value is -0.650. The molecule has 2 heterocycles. The third kappa shape index (κ3) is 4.26. The van der Waals surface area contributed by atoms with Crippen molar-refractivity contribution < 1.29 is 9.53 Å². The molecule has 1 unspecified atom stereocenters. The van der Waals surface area contributed by atoms with Gasteiger partial charge in [-0.25, -0.2) is 0 Å². The second kappa shape index (κ2) is 6.93. The second-order valence-corrected chi connectivity index (χ2v) is 4.84. The van der Waals surface area contributed by atoms with Crippen LogP contribution in [-0.2, 0) is 9.53 Å². The number of morpholine rings is 1. The molecule has 2 saturated heterocycles. The third-order valence-corrected chi connectivity index (χ3v) is 3.47. The van der Waals surface area contributed by atoms with Crippen LogP contribution in [0.5, 0.6) is 0 Å². The molecule has 0 aromatic heterocycles. The molecule has 0 aromatic carbocycles. The van der Waals surface area contributed by atoms with E-state index in [9.17, 15) is 4.79 Å². The monoisotopic (exact) mass is 241 g/mol. The molecule has 2 N–H and O–H groups in total. The van der Waals surface area contributed by atoms with Crippen molar-refractivity contribution in [3.05, 3.63) is 0 Å². The van der Waals surface area contributed by atoms with Crippen LogP contribution >= 0.6 is 0 Å². The van der Waals surface area contributed by atoms with E-state index in [1.165, 1.54) is 12.8 Å². The van der Waals surface area contributed by atoms with Crippen LogP contribution in [0.2, 0.25) is 0 Å². The first-order valence-corrected chi connectivity index (χ1v) is 6.63. The summed E-state index contributed by atoms with van der Waals surface area (Å²) in [6, 6.07) is 0. The molecule has 2 rings (SSSR count). The number of ether oxygens (including phenoxy) is 1. The molecule has 0 aromatic rings. The summed E-state index contributed by atoms with van der Waals surface area (Å²) in [7, 11) is 0. The standard InChI is InChI=1S/C12H23N3O2/c16-12(15-4-6-17-7-5-15)10-14-9-11-2-1-3-13-8-11/h11,13-14H,1-10H2. The van der Waals surface area contributed by atoms with Gasteiger partial charge >= 0.3 is 0 Å². The summed E-state index contributed by atoms with van der Waals surface area (Å²) in [5, 5.41) is 6.66. The maximum absolute atomic E-state index is 11.8. The smallest absolute Gasteiger partial charge is 0.236 e. The van der Waals surface area contributed by atoms with Crippen molar-refractivity contribution >= 4 is 5.91 Å². The maximum atomic E-state index is 11.8. The van der Waals surface area contributed by atoms with Gasteiger partial charge in [0.2, 0.25) is 5.91 Å². The summed E-state index contributed by atoms with van der Waals surface area (Å²) in [5.74, 6) is 0.887. The number of piperidine rings is 1. The molecule has 1 atom stereocenters. The zero-order valence-corrected chi connectivity index (χ0v) is 10.4. The van der Waals surface area contributed by atoms with E-state index in [2.05, 4.69) is 10.6 Å². The molecule has 0 radical (unpaired) electrons. The number of nitrogens with zero attached hydrogens (tertiary/aromatic N) is 1. The van der Waals surface area contributed by atoms with Crippen molar-refractivity contribution in [1.29, 1.82) is 0 Å². The van der Waals surface area contributed by atoms with Crippen molar-refractivity contribution in [2.24, 2.45) is 5.92 Å². The van der Waals surface area contributed by atoms with Crippen molar-refractivity contribution in [2.45, 2.75) is 12.8 Å². The van der Waals surface area contributed by atoms with Gasteiger partial charge in [0.1, 0.15) is 0 Å². The lowest BCUT2D eigenvalue weighted by Gasteiger charge is -2.27. The number of hydrogen-bond acceptors (Lipinski definition) is 4. The van der Waals surface area contributed by atoms with Crippen LogP contribution in [0.1, 0.15) is 12.8 Å². The normalized spacial score (nSPS) is 25.9.